The maximum atomic E-state index is 10.2. The fraction of sp³-hybridized carbons (Fsp3) is 0.778. The van der Waals surface area contributed by atoms with E-state index in [-0.39, 0.29) is 16.8 Å². The molecule has 1 saturated carbocycles. The molecule has 1 N–H and O–H groups in total. The summed E-state index contributed by atoms with van der Waals surface area (Å²) in [4.78, 5) is 1.54. The van der Waals surface area contributed by atoms with Gasteiger partial charge < -0.3 is 5.11 Å². The first-order valence-electron chi connectivity index (χ1n) is 8.78. The fourth-order valence-corrected chi connectivity index (χ4v) is 5.84. The quantitative estimate of drug-likeness (QED) is 0.733. The zero-order valence-corrected chi connectivity index (χ0v) is 14.8. The highest BCUT2D eigenvalue weighted by molar-refractivity contribution is 7.32. The molecule has 1 heterocycles. The summed E-state index contributed by atoms with van der Waals surface area (Å²) in [7, 11) is 0.116. The Morgan fingerprint density at radius 3 is 2.43 bits per heavy atom. The number of hydrogen-bond acceptors (Lipinski definition) is 2. The zero-order valence-electron chi connectivity index (χ0n) is 14.0. The van der Waals surface area contributed by atoms with Gasteiger partial charge in [-0.15, -0.1) is 4.31 Å². The predicted molar refractivity (Wildman–Crippen MR) is 94.0 cm³/mol. The molecule has 0 spiro atoms. The van der Waals surface area contributed by atoms with Crippen LogP contribution in [0.25, 0.3) is 0 Å². The Kier molecular flexibility index (Phi) is 6.72. The first-order valence-corrected chi connectivity index (χ1v) is 10.0. The summed E-state index contributed by atoms with van der Waals surface area (Å²) in [6, 6.07) is 2.40. The van der Waals surface area contributed by atoms with Crippen molar-refractivity contribution in [1.29, 1.82) is 0 Å². The number of rotatable bonds is 7. The van der Waals surface area contributed by atoms with E-state index in [0.717, 1.165) is 31.8 Å². The normalized spacial score (nSPS) is 19.2. The first-order chi connectivity index (χ1) is 10.2. The van der Waals surface area contributed by atoms with Gasteiger partial charge in [0.2, 0.25) is 0 Å². The van der Waals surface area contributed by atoms with Crippen molar-refractivity contribution in [3.05, 3.63) is 21.9 Å². The number of aliphatic hydroxyl groups is 1. The molecule has 2 unspecified atom stereocenters. The van der Waals surface area contributed by atoms with Crippen molar-refractivity contribution < 1.29 is 5.11 Å². The van der Waals surface area contributed by atoms with Crippen LogP contribution >= 0.6 is 10.7 Å². The lowest BCUT2D eigenvalue weighted by molar-refractivity contribution is 0.171. The van der Waals surface area contributed by atoms with E-state index in [0.29, 0.717) is 0 Å². The van der Waals surface area contributed by atoms with Crippen LogP contribution in [0.1, 0.15) is 75.7 Å². The van der Waals surface area contributed by atoms with Gasteiger partial charge in [-0.25, -0.2) is 0 Å². The molecule has 0 aromatic carbocycles. The van der Waals surface area contributed by atoms with Crippen LogP contribution in [0.15, 0.2) is 11.4 Å². The Hall–Kier alpha value is -0.380. The van der Waals surface area contributed by atoms with E-state index in [4.69, 9.17) is 0 Å². The zero-order chi connectivity index (χ0) is 15.2. The van der Waals surface area contributed by atoms with Crippen LogP contribution in [0, 0.1) is 0 Å². The minimum absolute atomic E-state index is 0.116. The summed E-state index contributed by atoms with van der Waals surface area (Å²) in [6.45, 7) is 8.76. The van der Waals surface area contributed by atoms with Gasteiger partial charge in [-0.2, -0.15) is 0 Å². The molecule has 1 aliphatic rings. The molecular weight excluding hydrogens is 278 g/mol. The molecule has 1 aliphatic carbocycles. The molecular formula is C18H32NOS+. The van der Waals surface area contributed by atoms with Crippen LogP contribution in [0.5, 0.6) is 0 Å². The lowest BCUT2D eigenvalue weighted by Gasteiger charge is -2.21. The molecule has 3 heteroatoms. The largest absolute Gasteiger partial charge is 0.393 e. The van der Waals surface area contributed by atoms with Gasteiger partial charge in [-0.1, -0.05) is 26.2 Å². The van der Waals surface area contributed by atoms with E-state index < -0.39 is 0 Å². The second-order valence-electron chi connectivity index (χ2n) is 6.21. The maximum absolute atomic E-state index is 10.2. The van der Waals surface area contributed by atoms with Crippen LogP contribution in [-0.2, 0) is 6.42 Å². The Balaban J connectivity index is 2.30. The molecule has 21 heavy (non-hydrogen) atoms. The molecule has 0 aliphatic heterocycles. The Labute approximate surface area is 133 Å². The third-order valence-electron chi connectivity index (χ3n) is 4.87. The number of nitrogens with zero attached hydrogens (tertiary/aromatic N) is 1. The third kappa shape index (κ3) is 4.08. The van der Waals surface area contributed by atoms with Gasteiger partial charge in [0, 0.05) is 31.1 Å². The molecule has 1 aromatic rings. The van der Waals surface area contributed by atoms with E-state index in [2.05, 4.69) is 36.5 Å². The van der Waals surface area contributed by atoms with E-state index in [1.807, 2.05) is 0 Å². The van der Waals surface area contributed by atoms with Gasteiger partial charge in [0.1, 0.15) is 0 Å². The van der Waals surface area contributed by atoms with Gasteiger partial charge in [0.25, 0.3) is 0 Å². The van der Waals surface area contributed by atoms with Crippen molar-refractivity contribution in [1.82, 2.24) is 0 Å². The summed E-state index contributed by atoms with van der Waals surface area (Å²) >= 11 is 0. The topological polar surface area (TPSA) is 23.5 Å². The molecule has 2 rings (SSSR count). The van der Waals surface area contributed by atoms with Crippen molar-refractivity contribution >= 4 is 10.7 Å². The van der Waals surface area contributed by atoms with Crippen molar-refractivity contribution in [2.75, 3.05) is 17.4 Å². The molecule has 0 amide bonds. The summed E-state index contributed by atoms with van der Waals surface area (Å²) in [6.07, 6.45) is 8.41. The van der Waals surface area contributed by atoms with Crippen molar-refractivity contribution in [3.8, 4) is 0 Å². The van der Waals surface area contributed by atoms with Crippen LogP contribution < -0.4 is 4.31 Å². The maximum Gasteiger partial charge on any atom is 0.178 e. The van der Waals surface area contributed by atoms with Gasteiger partial charge >= 0.3 is 0 Å². The standard InChI is InChI=1S/C18H32NOS/c1-4-16(20)14-18-17(15-10-8-7-9-11-15)12-13-21(18)19(5-2)6-3/h12-13,15-16,20H,4-11,14H2,1-3H3/q+1. The summed E-state index contributed by atoms with van der Waals surface area (Å²) in [5.41, 5.74) is 1.58. The van der Waals surface area contributed by atoms with Crippen LogP contribution in [-0.4, -0.2) is 24.3 Å². The van der Waals surface area contributed by atoms with E-state index in [1.54, 1.807) is 10.4 Å². The Bertz CT molecular complexity index is 419. The van der Waals surface area contributed by atoms with Crippen molar-refractivity contribution in [2.45, 2.75) is 77.7 Å². The van der Waals surface area contributed by atoms with Crippen molar-refractivity contribution in [2.24, 2.45) is 0 Å². The first kappa shape index (κ1) is 17.0. The molecule has 2 atom stereocenters. The minimum Gasteiger partial charge on any atom is -0.393 e. The molecule has 0 bridgehead atoms. The monoisotopic (exact) mass is 310 g/mol. The highest BCUT2D eigenvalue weighted by Crippen LogP contribution is 2.41. The van der Waals surface area contributed by atoms with Gasteiger partial charge in [0.15, 0.2) is 10.3 Å². The fourth-order valence-electron chi connectivity index (χ4n) is 3.52. The minimum atomic E-state index is -0.177. The van der Waals surface area contributed by atoms with Gasteiger partial charge in [-0.3, -0.25) is 0 Å². The average Bonchev–Trinajstić information content (AvgIpc) is 2.93. The molecule has 0 radical (unpaired) electrons. The summed E-state index contributed by atoms with van der Waals surface area (Å²) < 4.78 is 2.55. The lowest BCUT2D eigenvalue weighted by Crippen LogP contribution is -2.22. The smallest absolute Gasteiger partial charge is 0.178 e. The lowest BCUT2D eigenvalue weighted by atomic mass is 9.84. The Morgan fingerprint density at radius 1 is 1.19 bits per heavy atom. The second-order valence-corrected chi connectivity index (χ2v) is 8.12. The molecule has 0 saturated heterocycles. The van der Waals surface area contributed by atoms with E-state index in [1.165, 1.54) is 32.1 Å². The van der Waals surface area contributed by atoms with Crippen LogP contribution in [0.3, 0.4) is 0 Å². The highest BCUT2D eigenvalue weighted by Gasteiger charge is 2.30. The Morgan fingerprint density at radius 2 is 1.86 bits per heavy atom. The SMILES string of the molecule is CCC(O)Cc1c(C2CCCCC2)cc[s+]1N(CC)CC. The van der Waals surface area contributed by atoms with E-state index in [9.17, 15) is 5.11 Å². The van der Waals surface area contributed by atoms with Crippen molar-refractivity contribution in [3.63, 3.8) is 0 Å². The predicted octanol–water partition coefficient (Wildman–Crippen LogP) is 4.77. The van der Waals surface area contributed by atoms with Crippen LogP contribution in [0.2, 0.25) is 0 Å². The molecule has 120 valence electrons. The molecule has 1 fully saturated rings. The molecule has 2 nitrogen and oxygen atoms in total. The van der Waals surface area contributed by atoms with Gasteiger partial charge in [0.05, 0.1) is 16.8 Å². The highest BCUT2D eigenvalue weighted by atomic mass is 32.2. The number of thiophene rings is 1. The second kappa shape index (κ2) is 8.30. The van der Waals surface area contributed by atoms with E-state index >= 15 is 0 Å². The number of hydrogen-bond donors (Lipinski definition) is 1. The van der Waals surface area contributed by atoms with Crippen LogP contribution in [0.4, 0.5) is 0 Å². The summed E-state index contributed by atoms with van der Waals surface area (Å²) in [5.74, 6) is 0.752. The van der Waals surface area contributed by atoms with Gasteiger partial charge in [-0.05, 0) is 39.0 Å². The number of aliphatic hydroxyl groups excluding tert-OH is 1. The third-order valence-corrected chi connectivity index (χ3v) is 7.25. The summed E-state index contributed by atoms with van der Waals surface area (Å²) in [5, 5.41) is 12.6. The average molecular weight is 311 g/mol. The molecule has 1 aromatic heterocycles.